The molecule has 1 atom stereocenters. The third-order valence-electron chi connectivity index (χ3n) is 2.31. The third-order valence-corrected chi connectivity index (χ3v) is 2.31. The predicted octanol–water partition coefficient (Wildman–Crippen LogP) is 0.295. The Kier molecular flexibility index (Phi) is 6.70. The Morgan fingerprint density at radius 3 is 2.47 bits per heavy atom. The molecule has 15 heavy (non-hydrogen) atoms. The first-order chi connectivity index (χ1) is 6.97. The number of nitrogens with two attached hydrogens (primary N) is 1. The van der Waals surface area contributed by atoms with E-state index in [1.54, 1.807) is 0 Å². The summed E-state index contributed by atoms with van der Waals surface area (Å²) in [5, 5.41) is 8.48. The summed E-state index contributed by atoms with van der Waals surface area (Å²) in [5.74, 6) is -0.695. The van der Waals surface area contributed by atoms with Crippen molar-refractivity contribution in [3.05, 3.63) is 0 Å². The normalized spacial score (nSPS) is 12.2. The van der Waals surface area contributed by atoms with E-state index in [9.17, 15) is 9.59 Å². The van der Waals surface area contributed by atoms with Crippen LogP contribution in [0.1, 0.15) is 26.2 Å². The number of carbonyl (C=O) groups is 2. The Bertz CT molecular complexity index is 219. The zero-order valence-electron chi connectivity index (χ0n) is 9.40. The van der Waals surface area contributed by atoms with Crippen molar-refractivity contribution < 1.29 is 14.7 Å². The Morgan fingerprint density at radius 2 is 2.00 bits per heavy atom. The fourth-order valence-corrected chi connectivity index (χ4v) is 1.28. The van der Waals surface area contributed by atoms with Gasteiger partial charge in [0.05, 0.1) is 0 Å². The van der Waals surface area contributed by atoms with Crippen molar-refractivity contribution in [3.63, 3.8) is 0 Å². The maximum atomic E-state index is 11.4. The number of likely N-dealkylation sites (N-methyl/N-ethyl adjacent to an activating group) is 1. The molecule has 88 valence electrons. The quantitative estimate of drug-likeness (QED) is 0.641. The number of carbonyl (C=O) groups excluding carboxylic acids is 1. The second kappa shape index (κ2) is 7.23. The van der Waals surface area contributed by atoms with E-state index in [-0.39, 0.29) is 12.5 Å². The molecule has 5 heteroatoms. The summed E-state index contributed by atoms with van der Waals surface area (Å²) in [6.07, 6.45) is 2.06. The number of hydrogen-bond acceptors (Lipinski definition) is 3. The van der Waals surface area contributed by atoms with E-state index in [2.05, 4.69) is 0 Å². The monoisotopic (exact) mass is 216 g/mol. The number of carboxylic acids is 1. The van der Waals surface area contributed by atoms with Crippen LogP contribution >= 0.6 is 0 Å². The lowest BCUT2D eigenvalue weighted by molar-refractivity contribution is -0.143. The SMILES string of the molecule is CC(CCN)CCC(=O)N(C)CC(=O)O. The van der Waals surface area contributed by atoms with Gasteiger partial charge in [0.2, 0.25) is 5.91 Å². The summed E-state index contributed by atoms with van der Waals surface area (Å²) >= 11 is 0. The highest BCUT2D eigenvalue weighted by Crippen LogP contribution is 2.09. The van der Waals surface area contributed by atoms with Crippen LogP contribution < -0.4 is 5.73 Å². The van der Waals surface area contributed by atoms with Crippen molar-refractivity contribution in [1.82, 2.24) is 4.90 Å². The highest BCUT2D eigenvalue weighted by Gasteiger charge is 2.12. The molecule has 0 aromatic carbocycles. The van der Waals surface area contributed by atoms with E-state index in [1.807, 2.05) is 6.92 Å². The molecule has 0 fully saturated rings. The summed E-state index contributed by atoms with van der Waals surface area (Å²) < 4.78 is 0. The molecule has 0 heterocycles. The van der Waals surface area contributed by atoms with Gasteiger partial charge in [0.25, 0.3) is 0 Å². The van der Waals surface area contributed by atoms with Crippen LogP contribution in [0.3, 0.4) is 0 Å². The Labute approximate surface area is 90.2 Å². The van der Waals surface area contributed by atoms with E-state index in [4.69, 9.17) is 10.8 Å². The number of rotatable bonds is 7. The maximum Gasteiger partial charge on any atom is 0.323 e. The Morgan fingerprint density at radius 1 is 1.40 bits per heavy atom. The summed E-state index contributed by atoms with van der Waals surface area (Å²) in [6.45, 7) is 2.43. The first kappa shape index (κ1) is 13.9. The fraction of sp³-hybridized carbons (Fsp3) is 0.800. The molecule has 1 unspecified atom stereocenters. The number of aliphatic carboxylic acids is 1. The topological polar surface area (TPSA) is 83.6 Å². The summed E-state index contributed by atoms with van der Waals surface area (Å²) in [6, 6.07) is 0. The van der Waals surface area contributed by atoms with Gasteiger partial charge in [-0.05, 0) is 25.3 Å². The molecule has 0 aliphatic carbocycles. The first-order valence-corrected chi connectivity index (χ1v) is 5.13. The molecule has 1 amide bonds. The van der Waals surface area contributed by atoms with Gasteiger partial charge in [-0.25, -0.2) is 0 Å². The van der Waals surface area contributed by atoms with Crippen LogP contribution in [0.5, 0.6) is 0 Å². The second-order valence-electron chi connectivity index (χ2n) is 3.86. The minimum atomic E-state index is -0.985. The highest BCUT2D eigenvalue weighted by molar-refractivity contribution is 5.80. The molecule has 0 saturated carbocycles. The van der Waals surface area contributed by atoms with Crippen molar-refractivity contribution in [1.29, 1.82) is 0 Å². The molecule has 0 rings (SSSR count). The largest absolute Gasteiger partial charge is 0.480 e. The first-order valence-electron chi connectivity index (χ1n) is 5.13. The van der Waals surface area contributed by atoms with E-state index < -0.39 is 5.97 Å². The summed E-state index contributed by atoms with van der Waals surface area (Å²) in [4.78, 5) is 23.0. The van der Waals surface area contributed by atoms with Gasteiger partial charge in [0.1, 0.15) is 6.54 Å². The van der Waals surface area contributed by atoms with Gasteiger partial charge in [0.15, 0.2) is 0 Å². The number of hydrogen-bond donors (Lipinski definition) is 2. The smallest absolute Gasteiger partial charge is 0.323 e. The van der Waals surface area contributed by atoms with Gasteiger partial charge in [-0.3, -0.25) is 9.59 Å². The van der Waals surface area contributed by atoms with Gasteiger partial charge < -0.3 is 15.7 Å². The van der Waals surface area contributed by atoms with Crippen LogP contribution in [0.25, 0.3) is 0 Å². The molecular weight excluding hydrogens is 196 g/mol. The van der Waals surface area contributed by atoms with E-state index in [0.29, 0.717) is 18.9 Å². The molecule has 0 bridgehead atoms. The van der Waals surface area contributed by atoms with Gasteiger partial charge in [-0.2, -0.15) is 0 Å². The lowest BCUT2D eigenvalue weighted by Gasteiger charge is -2.16. The molecule has 0 aromatic heterocycles. The van der Waals surface area contributed by atoms with Crippen molar-refractivity contribution in [2.45, 2.75) is 26.2 Å². The van der Waals surface area contributed by atoms with Crippen LogP contribution in [0.15, 0.2) is 0 Å². The highest BCUT2D eigenvalue weighted by atomic mass is 16.4. The molecule has 5 nitrogen and oxygen atoms in total. The standard InChI is InChI=1S/C10H20N2O3/c1-8(5-6-11)3-4-9(13)12(2)7-10(14)15/h8H,3-7,11H2,1-2H3,(H,14,15). The third kappa shape index (κ3) is 6.90. The lowest BCUT2D eigenvalue weighted by atomic mass is 10.0. The van der Waals surface area contributed by atoms with Crippen molar-refractivity contribution in [2.24, 2.45) is 11.7 Å². The number of amides is 1. The minimum absolute atomic E-state index is 0.124. The van der Waals surface area contributed by atoms with Crippen LogP contribution in [0.4, 0.5) is 0 Å². The number of carboxylic acid groups (broad SMARTS) is 1. The van der Waals surface area contributed by atoms with Crippen molar-refractivity contribution >= 4 is 11.9 Å². The predicted molar refractivity (Wildman–Crippen MR) is 57.3 cm³/mol. The molecule has 3 N–H and O–H groups in total. The average Bonchev–Trinajstić information content (AvgIpc) is 2.13. The maximum absolute atomic E-state index is 11.4. The summed E-state index contributed by atoms with van der Waals surface area (Å²) in [5.41, 5.74) is 5.39. The molecule has 0 aliphatic rings. The molecule has 0 spiro atoms. The number of nitrogens with zero attached hydrogens (tertiary/aromatic N) is 1. The molecule has 0 saturated heterocycles. The van der Waals surface area contributed by atoms with Crippen LogP contribution in [0.2, 0.25) is 0 Å². The zero-order chi connectivity index (χ0) is 11.8. The second-order valence-corrected chi connectivity index (χ2v) is 3.86. The van der Waals surface area contributed by atoms with Crippen molar-refractivity contribution in [2.75, 3.05) is 20.1 Å². The van der Waals surface area contributed by atoms with Gasteiger partial charge in [0, 0.05) is 13.5 Å². The van der Waals surface area contributed by atoms with E-state index >= 15 is 0 Å². The lowest BCUT2D eigenvalue weighted by Crippen LogP contribution is -2.32. The Balaban J connectivity index is 3.77. The molecule has 0 radical (unpaired) electrons. The minimum Gasteiger partial charge on any atom is -0.480 e. The van der Waals surface area contributed by atoms with Crippen LogP contribution in [-0.4, -0.2) is 42.0 Å². The average molecular weight is 216 g/mol. The Hall–Kier alpha value is -1.10. The van der Waals surface area contributed by atoms with Gasteiger partial charge >= 0.3 is 5.97 Å². The fourth-order valence-electron chi connectivity index (χ4n) is 1.28. The van der Waals surface area contributed by atoms with Gasteiger partial charge in [-0.15, -0.1) is 0 Å². The van der Waals surface area contributed by atoms with Crippen LogP contribution in [-0.2, 0) is 9.59 Å². The van der Waals surface area contributed by atoms with Crippen LogP contribution in [0, 0.1) is 5.92 Å². The van der Waals surface area contributed by atoms with Gasteiger partial charge in [-0.1, -0.05) is 6.92 Å². The van der Waals surface area contributed by atoms with Crippen molar-refractivity contribution in [3.8, 4) is 0 Å². The van der Waals surface area contributed by atoms with E-state index in [0.717, 1.165) is 12.8 Å². The zero-order valence-corrected chi connectivity index (χ0v) is 9.40. The molecule has 0 aromatic rings. The van der Waals surface area contributed by atoms with E-state index in [1.165, 1.54) is 11.9 Å². The summed E-state index contributed by atoms with van der Waals surface area (Å²) in [7, 11) is 1.50. The molecule has 0 aliphatic heterocycles. The molecular formula is C10H20N2O3.